The Labute approximate surface area is 119 Å². The lowest BCUT2D eigenvalue weighted by molar-refractivity contribution is 0.0951. The Balaban J connectivity index is 2.43. The third-order valence-electron chi connectivity index (χ3n) is 2.27. The molecule has 1 aromatic rings. The van der Waals surface area contributed by atoms with Gasteiger partial charge in [0.25, 0.3) is 5.91 Å². The van der Waals surface area contributed by atoms with E-state index in [1.54, 1.807) is 7.11 Å². The van der Waals surface area contributed by atoms with Crippen molar-refractivity contribution in [3.05, 3.63) is 34.6 Å². The first-order valence-electron chi connectivity index (χ1n) is 5.41. The summed E-state index contributed by atoms with van der Waals surface area (Å²) in [6.45, 7) is 1.06. The molecule has 0 aromatic heterocycles. The van der Waals surface area contributed by atoms with Crippen molar-refractivity contribution in [2.24, 2.45) is 0 Å². The molecule has 6 heteroatoms. The van der Waals surface area contributed by atoms with E-state index in [0.29, 0.717) is 13.2 Å². The number of nitrogens with one attached hydrogen (secondary N) is 1. The summed E-state index contributed by atoms with van der Waals surface area (Å²) in [5.41, 5.74) is 0.259. The fourth-order valence-electron chi connectivity index (χ4n) is 1.35. The molecule has 0 aliphatic rings. The average molecular weight is 339 g/mol. The maximum atomic E-state index is 13.2. The summed E-state index contributed by atoms with van der Waals surface area (Å²) in [6, 6.07) is 3.98. The molecule has 1 amide bonds. The fraction of sp³-hybridized carbons (Fsp3) is 0.417. The van der Waals surface area contributed by atoms with Crippen molar-refractivity contribution in [2.75, 3.05) is 20.3 Å². The van der Waals surface area contributed by atoms with Gasteiger partial charge in [0, 0.05) is 24.0 Å². The quantitative estimate of drug-likeness (QED) is 0.810. The molecular formula is C12H14BrClFNO2. The number of benzene rings is 1. The van der Waals surface area contributed by atoms with Crippen LogP contribution in [0.25, 0.3) is 0 Å². The van der Waals surface area contributed by atoms with E-state index in [-0.39, 0.29) is 21.3 Å². The molecule has 0 bridgehead atoms. The van der Waals surface area contributed by atoms with Gasteiger partial charge in [-0.05, 0) is 24.6 Å². The molecule has 0 spiro atoms. The summed E-state index contributed by atoms with van der Waals surface area (Å²) < 4.78 is 18.1. The van der Waals surface area contributed by atoms with Gasteiger partial charge in [0.1, 0.15) is 5.82 Å². The average Bonchev–Trinajstić information content (AvgIpc) is 2.33. The van der Waals surface area contributed by atoms with Crippen molar-refractivity contribution >= 4 is 33.4 Å². The second-order valence-electron chi connectivity index (χ2n) is 3.73. The van der Waals surface area contributed by atoms with Gasteiger partial charge in [-0.2, -0.15) is 0 Å². The Morgan fingerprint density at radius 1 is 1.61 bits per heavy atom. The lowest BCUT2D eigenvalue weighted by Gasteiger charge is -2.09. The minimum Gasteiger partial charge on any atom is -0.384 e. The summed E-state index contributed by atoms with van der Waals surface area (Å²) in [5.74, 6) is -0.912. The van der Waals surface area contributed by atoms with Crippen LogP contribution in [0.1, 0.15) is 16.8 Å². The summed E-state index contributed by atoms with van der Waals surface area (Å²) in [5, 5.41) is 2.71. The highest BCUT2D eigenvalue weighted by Gasteiger charge is 2.09. The highest BCUT2D eigenvalue weighted by atomic mass is 79.9. The molecule has 0 heterocycles. The molecular weight excluding hydrogens is 324 g/mol. The monoisotopic (exact) mass is 337 g/mol. The Hall–Kier alpha value is -0.650. The first-order valence-corrected chi connectivity index (χ1v) is 6.70. The highest BCUT2D eigenvalue weighted by Crippen LogP contribution is 2.15. The van der Waals surface area contributed by atoms with Gasteiger partial charge in [0.15, 0.2) is 0 Å². The lowest BCUT2D eigenvalue weighted by Crippen LogP contribution is -2.27. The number of hydrogen-bond donors (Lipinski definition) is 1. The molecule has 1 rings (SSSR count). The number of carbonyl (C=O) groups is 1. The van der Waals surface area contributed by atoms with Gasteiger partial charge in [-0.1, -0.05) is 27.5 Å². The number of hydrogen-bond acceptors (Lipinski definition) is 2. The second-order valence-corrected chi connectivity index (χ2v) is 5.43. The van der Waals surface area contributed by atoms with E-state index >= 15 is 0 Å². The van der Waals surface area contributed by atoms with Crippen LogP contribution in [0.3, 0.4) is 0 Å². The molecule has 0 saturated carbocycles. The van der Waals surface area contributed by atoms with Gasteiger partial charge in [0.05, 0.1) is 11.6 Å². The maximum absolute atomic E-state index is 13.2. The summed E-state index contributed by atoms with van der Waals surface area (Å²) >= 11 is 8.95. The van der Waals surface area contributed by atoms with E-state index in [0.717, 1.165) is 12.5 Å². The zero-order chi connectivity index (χ0) is 13.5. The predicted octanol–water partition coefficient (Wildman–Crippen LogP) is 3.01. The zero-order valence-electron chi connectivity index (χ0n) is 9.88. The molecule has 3 nitrogen and oxygen atoms in total. The number of methoxy groups -OCH3 is 1. The van der Waals surface area contributed by atoms with Gasteiger partial charge < -0.3 is 10.1 Å². The largest absolute Gasteiger partial charge is 0.384 e. The van der Waals surface area contributed by atoms with E-state index in [2.05, 4.69) is 21.2 Å². The third kappa shape index (κ3) is 4.92. The molecule has 1 unspecified atom stereocenters. The number of rotatable bonds is 6. The van der Waals surface area contributed by atoms with Crippen LogP contribution in [0.15, 0.2) is 18.2 Å². The van der Waals surface area contributed by atoms with Gasteiger partial charge in [0.2, 0.25) is 0 Å². The van der Waals surface area contributed by atoms with Crippen molar-refractivity contribution in [1.82, 2.24) is 5.32 Å². The third-order valence-corrected chi connectivity index (χ3v) is 3.30. The van der Waals surface area contributed by atoms with Gasteiger partial charge in [-0.25, -0.2) is 4.39 Å². The Bertz CT molecular complexity index is 417. The highest BCUT2D eigenvalue weighted by molar-refractivity contribution is 9.09. The van der Waals surface area contributed by atoms with Gasteiger partial charge >= 0.3 is 0 Å². The minimum absolute atomic E-state index is 0.00664. The lowest BCUT2D eigenvalue weighted by atomic mass is 10.2. The van der Waals surface area contributed by atoms with Gasteiger partial charge in [-0.15, -0.1) is 0 Å². The second kappa shape index (κ2) is 7.71. The normalized spacial score (nSPS) is 12.2. The Morgan fingerprint density at radius 2 is 2.33 bits per heavy atom. The first-order chi connectivity index (χ1) is 8.54. The molecule has 0 aliphatic heterocycles. The number of halogens is 3. The molecule has 1 atom stereocenters. The van der Waals surface area contributed by atoms with Crippen molar-refractivity contribution in [2.45, 2.75) is 11.2 Å². The first kappa shape index (κ1) is 15.4. The van der Waals surface area contributed by atoms with Crippen LogP contribution >= 0.6 is 27.5 Å². The van der Waals surface area contributed by atoms with E-state index in [9.17, 15) is 9.18 Å². The van der Waals surface area contributed by atoms with Crippen LogP contribution in [0.4, 0.5) is 4.39 Å². The van der Waals surface area contributed by atoms with Crippen LogP contribution in [0.2, 0.25) is 5.02 Å². The smallest absolute Gasteiger partial charge is 0.251 e. The Morgan fingerprint density at radius 3 is 2.94 bits per heavy atom. The van der Waals surface area contributed by atoms with E-state index in [1.807, 2.05) is 0 Å². The molecule has 0 fully saturated rings. The molecule has 18 heavy (non-hydrogen) atoms. The minimum atomic E-state index is -0.595. The van der Waals surface area contributed by atoms with Crippen molar-refractivity contribution < 1.29 is 13.9 Å². The van der Waals surface area contributed by atoms with Crippen molar-refractivity contribution in [3.8, 4) is 0 Å². The van der Waals surface area contributed by atoms with Crippen LogP contribution in [-0.2, 0) is 4.74 Å². The van der Waals surface area contributed by atoms with E-state index in [1.165, 1.54) is 12.1 Å². The van der Waals surface area contributed by atoms with Crippen molar-refractivity contribution in [1.29, 1.82) is 0 Å². The van der Waals surface area contributed by atoms with E-state index < -0.39 is 5.82 Å². The number of ether oxygens (including phenoxy) is 1. The molecule has 0 saturated heterocycles. The topological polar surface area (TPSA) is 38.3 Å². The molecule has 0 aliphatic carbocycles. The summed E-state index contributed by atoms with van der Waals surface area (Å²) in [6.07, 6.45) is 0.732. The SMILES string of the molecule is COCC(Br)CCNC(=O)c1ccc(Cl)c(F)c1. The van der Waals surface area contributed by atoms with E-state index in [4.69, 9.17) is 16.3 Å². The van der Waals surface area contributed by atoms with Crippen LogP contribution in [0.5, 0.6) is 0 Å². The standard InChI is InChI=1S/C12H14BrClFNO2/c1-18-7-9(13)4-5-16-12(17)8-2-3-10(14)11(15)6-8/h2-3,6,9H,4-5,7H2,1H3,(H,16,17). The number of amides is 1. The fourth-order valence-corrected chi connectivity index (χ4v) is 1.96. The molecule has 1 N–H and O–H groups in total. The van der Waals surface area contributed by atoms with Gasteiger partial charge in [-0.3, -0.25) is 4.79 Å². The van der Waals surface area contributed by atoms with Crippen LogP contribution in [0, 0.1) is 5.82 Å². The molecule has 100 valence electrons. The Kier molecular flexibility index (Phi) is 6.60. The zero-order valence-corrected chi connectivity index (χ0v) is 12.2. The predicted molar refractivity (Wildman–Crippen MR) is 73.0 cm³/mol. The summed E-state index contributed by atoms with van der Waals surface area (Å²) in [7, 11) is 1.61. The van der Waals surface area contributed by atoms with Crippen LogP contribution in [-0.4, -0.2) is 31.0 Å². The van der Waals surface area contributed by atoms with Crippen molar-refractivity contribution in [3.63, 3.8) is 0 Å². The summed E-state index contributed by atoms with van der Waals surface area (Å²) in [4.78, 5) is 11.9. The molecule has 1 aromatic carbocycles. The maximum Gasteiger partial charge on any atom is 0.251 e. The number of alkyl halides is 1. The number of carbonyl (C=O) groups excluding carboxylic acids is 1. The molecule has 0 radical (unpaired) electrons. The van der Waals surface area contributed by atoms with Crippen LogP contribution < -0.4 is 5.32 Å².